The van der Waals surface area contributed by atoms with E-state index in [4.69, 9.17) is 14.7 Å². The van der Waals surface area contributed by atoms with Gasteiger partial charge in [0.2, 0.25) is 0 Å². The Morgan fingerprint density at radius 3 is 2.62 bits per heavy atom. The lowest BCUT2D eigenvalue weighted by Gasteiger charge is -2.13. The zero-order chi connectivity index (χ0) is 15.2. The molecule has 0 fully saturated rings. The normalized spacial score (nSPS) is 11.3. The molecule has 0 spiro atoms. The summed E-state index contributed by atoms with van der Waals surface area (Å²) in [5.41, 5.74) is 3.41. The lowest BCUT2D eigenvalue weighted by molar-refractivity contribution is 0.294. The van der Waals surface area contributed by atoms with Gasteiger partial charge in [0.25, 0.3) is 0 Å². The van der Waals surface area contributed by atoms with Crippen molar-refractivity contribution in [3.63, 3.8) is 0 Å². The third kappa shape index (κ3) is 3.54. The number of ether oxygens (including phenoxy) is 2. The molecule has 0 amide bonds. The number of hydrogen-bond acceptors (Lipinski definition) is 4. The van der Waals surface area contributed by atoms with Crippen LogP contribution in [0, 0.1) is 6.92 Å². The Morgan fingerprint density at radius 1 is 1.14 bits per heavy atom. The Morgan fingerprint density at radius 2 is 1.90 bits per heavy atom. The molecule has 0 heterocycles. The molecule has 2 aromatic carbocycles. The summed E-state index contributed by atoms with van der Waals surface area (Å²) in [6, 6.07) is 13.4. The fraction of sp³-hybridized carbons (Fsp3) is 0.235. The molecule has 1 N–H and O–H groups in total. The maximum atomic E-state index is 8.93. The van der Waals surface area contributed by atoms with Crippen molar-refractivity contribution in [2.45, 2.75) is 20.5 Å². The average Bonchev–Trinajstić information content (AvgIpc) is 2.52. The van der Waals surface area contributed by atoms with Gasteiger partial charge in [0, 0.05) is 11.1 Å². The van der Waals surface area contributed by atoms with Crippen molar-refractivity contribution >= 4 is 5.71 Å². The van der Waals surface area contributed by atoms with E-state index in [2.05, 4.69) is 5.16 Å². The summed E-state index contributed by atoms with van der Waals surface area (Å²) < 4.78 is 11.2. The fourth-order valence-electron chi connectivity index (χ4n) is 2.12. The number of para-hydroxylation sites is 1. The molecule has 0 aliphatic rings. The first kappa shape index (κ1) is 14.9. The van der Waals surface area contributed by atoms with Crippen LogP contribution in [0.1, 0.15) is 23.6 Å². The number of hydrogen-bond donors (Lipinski definition) is 1. The van der Waals surface area contributed by atoms with Gasteiger partial charge in [0.05, 0.1) is 12.8 Å². The Hall–Kier alpha value is -2.49. The summed E-state index contributed by atoms with van der Waals surface area (Å²) in [6.07, 6.45) is 0. The van der Waals surface area contributed by atoms with Crippen LogP contribution in [0.3, 0.4) is 0 Å². The molecule has 2 aromatic rings. The maximum Gasteiger partial charge on any atom is 0.128 e. The minimum Gasteiger partial charge on any atom is -0.496 e. The van der Waals surface area contributed by atoms with Gasteiger partial charge >= 0.3 is 0 Å². The quantitative estimate of drug-likeness (QED) is 0.516. The van der Waals surface area contributed by atoms with Gasteiger partial charge in [-0.3, -0.25) is 0 Å². The first-order chi connectivity index (χ1) is 10.2. The predicted octanol–water partition coefficient (Wildman–Crippen LogP) is 3.78. The molecule has 0 aliphatic heterocycles. The van der Waals surface area contributed by atoms with Crippen molar-refractivity contribution in [1.29, 1.82) is 0 Å². The second kappa shape index (κ2) is 6.79. The van der Waals surface area contributed by atoms with Crippen LogP contribution >= 0.6 is 0 Å². The van der Waals surface area contributed by atoms with Crippen molar-refractivity contribution in [3.8, 4) is 11.5 Å². The summed E-state index contributed by atoms with van der Waals surface area (Å²) in [6.45, 7) is 4.15. The fourth-order valence-corrected chi connectivity index (χ4v) is 2.12. The van der Waals surface area contributed by atoms with Gasteiger partial charge < -0.3 is 14.7 Å². The highest BCUT2D eigenvalue weighted by Crippen LogP contribution is 2.24. The van der Waals surface area contributed by atoms with Gasteiger partial charge in [-0.05, 0) is 38.1 Å². The number of rotatable bonds is 5. The lowest BCUT2D eigenvalue weighted by Crippen LogP contribution is -2.03. The zero-order valence-corrected chi connectivity index (χ0v) is 12.5. The lowest BCUT2D eigenvalue weighted by atomic mass is 10.1. The van der Waals surface area contributed by atoms with E-state index in [1.165, 1.54) is 0 Å². The van der Waals surface area contributed by atoms with E-state index >= 15 is 0 Å². The van der Waals surface area contributed by atoms with Gasteiger partial charge in [0.1, 0.15) is 18.1 Å². The number of methoxy groups -OCH3 is 1. The van der Waals surface area contributed by atoms with Gasteiger partial charge in [-0.2, -0.15) is 0 Å². The first-order valence-corrected chi connectivity index (χ1v) is 6.70. The molecule has 0 saturated carbocycles. The Kier molecular flexibility index (Phi) is 4.82. The molecule has 0 bridgehead atoms. The molecule has 4 heteroatoms. The number of aryl methyl sites for hydroxylation is 1. The van der Waals surface area contributed by atoms with E-state index in [1.807, 2.05) is 49.4 Å². The second-order valence-corrected chi connectivity index (χ2v) is 4.79. The molecule has 110 valence electrons. The summed E-state index contributed by atoms with van der Waals surface area (Å²) in [7, 11) is 1.64. The van der Waals surface area contributed by atoms with E-state index in [1.54, 1.807) is 14.0 Å². The molecule has 21 heavy (non-hydrogen) atoms. The Labute approximate surface area is 124 Å². The minimum atomic E-state index is 0.389. The number of nitrogens with zero attached hydrogens (tertiary/aromatic N) is 1. The zero-order valence-electron chi connectivity index (χ0n) is 12.5. The van der Waals surface area contributed by atoms with Crippen LogP contribution in [0.25, 0.3) is 0 Å². The summed E-state index contributed by atoms with van der Waals surface area (Å²) in [5.74, 6) is 1.47. The van der Waals surface area contributed by atoms with Crippen LogP contribution in [-0.4, -0.2) is 18.0 Å². The standard InChI is InChI=1S/C17H19NO3/c1-12-8-9-16(20-3)14(10-12)11-21-17-7-5-4-6-15(17)13(2)18-19/h4-10,19H,11H2,1-3H3. The van der Waals surface area contributed by atoms with Gasteiger partial charge in [-0.25, -0.2) is 0 Å². The molecular formula is C17H19NO3. The van der Waals surface area contributed by atoms with Crippen LogP contribution in [0.5, 0.6) is 11.5 Å². The molecule has 0 atom stereocenters. The first-order valence-electron chi connectivity index (χ1n) is 6.70. The van der Waals surface area contributed by atoms with E-state index in [9.17, 15) is 0 Å². The summed E-state index contributed by atoms with van der Waals surface area (Å²) in [4.78, 5) is 0. The molecular weight excluding hydrogens is 266 g/mol. The second-order valence-electron chi connectivity index (χ2n) is 4.79. The van der Waals surface area contributed by atoms with Crippen LogP contribution < -0.4 is 9.47 Å². The van der Waals surface area contributed by atoms with Crippen LogP contribution in [-0.2, 0) is 6.61 Å². The third-order valence-corrected chi connectivity index (χ3v) is 3.25. The molecule has 0 unspecified atom stereocenters. The van der Waals surface area contributed by atoms with E-state index in [-0.39, 0.29) is 0 Å². The van der Waals surface area contributed by atoms with Gasteiger partial charge in [-0.15, -0.1) is 0 Å². The van der Waals surface area contributed by atoms with Crippen molar-refractivity contribution in [3.05, 3.63) is 59.2 Å². The smallest absolute Gasteiger partial charge is 0.128 e. The van der Waals surface area contributed by atoms with Gasteiger partial charge in [-0.1, -0.05) is 28.9 Å². The third-order valence-electron chi connectivity index (χ3n) is 3.25. The van der Waals surface area contributed by atoms with Crippen molar-refractivity contribution in [2.24, 2.45) is 5.16 Å². The van der Waals surface area contributed by atoms with Crippen molar-refractivity contribution in [1.82, 2.24) is 0 Å². The Bertz CT molecular complexity index is 650. The molecule has 4 nitrogen and oxygen atoms in total. The van der Waals surface area contributed by atoms with Crippen molar-refractivity contribution in [2.75, 3.05) is 7.11 Å². The van der Waals surface area contributed by atoms with E-state index in [0.29, 0.717) is 18.1 Å². The van der Waals surface area contributed by atoms with E-state index < -0.39 is 0 Å². The largest absolute Gasteiger partial charge is 0.496 e. The highest BCUT2D eigenvalue weighted by atomic mass is 16.5. The van der Waals surface area contributed by atoms with E-state index in [0.717, 1.165) is 22.4 Å². The van der Waals surface area contributed by atoms with Crippen LogP contribution in [0.4, 0.5) is 0 Å². The predicted molar refractivity (Wildman–Crippen MR) is 82.5 cm³/mol. The maximum absolute atomic E-state index is 8.93. The summed E-state index contributed by atoms with van der Waals surface area (Å²) in [5, 5.41) is 12.2. The molecule has 0 aliphatic carbocycles. The Balaban J connectivity index is 2.23. The highest BCUT2D eigenvalue weighted by Gasteiger charge is 2.09. The SMILES string of the molecule is COc1ccc(C)cc1COc1ccccc1C(C)=NO. The molecule has 0 saturated heterocycles. The monoisotopic (exact) mass is 285 g/mol. The highest BCUT2D eigenvalue weighted by molar-refractivity contribution is 6.00. The topological polar surface area (TPSA) is 51.0 Å². The van der Waals surface area contributed by atoms with Crippen LogP contribution in [0.2, 0.25) is 0 Å². The minimum absolute atomic E-state index is 0.389. The van der Waals surface area contributed by atoms with Gasteiger partial charge in [0.15, 0.2) is 0 Å². The summed E-state index contributed by atoms with van der Waals surface area (Å²) >= 11 is 0. The molecule has 0 radical (unpaired) electrons. The number of oxime groups is 1. The average molecular weight is 285 g/mol. The molecule has 2 rings (SSSR count). The van der Waals surface area contributed by atoms with Crippen LogP contribution in [0.15, 0.2) is 47.6 Å². The van der Waals surface area contributed by atoms with Crippen molar-refractivity contribution < 1.29 is 14.7 Å². The number of benzene rings is 2. The molecule has 0 aromatic heterocycles.